The van der Waals surface area contributed by atoms with Crippen LogP contribution in [0.4, 0.5) is 5.69 Å². The number of hydrogen-bond acceptors (Lipinski definition) is 4. The van der Waals surface area contributed by atoms with Crippen LogP contribution >= 0.6 is 11.6 Å². The summed E-state index contributed by atoms with van der Waals surface area (Å²) in [4.78, 5) is 31.1. The molecule has 0 bridgehead atoms. The number of amides is 2. The van der Waals surface area contributed by atoms with E-state index in [2.05, 4.69) is 10.5 Å². The molecular formula is C18H25ClN4O3. The lowest BCUT2D eigenvalue weighted by Crippen LogP contribution is -2.48. The van der Waals surface area contributed by atoms with E-state index >= 15 is 0 Å². The van der Waals surface area contributed by atoms with Crippen LogP contribution in [0, 0.1) is 0 Å². The number of rotatable bonds is 6. The number of halogens is 1. The minimum Gasteiger partial charge on any atom is -0.384 e. The van der Waals surface area contributed by atoms with Gasteiger partial charge < -0.3 is 20.8 Å². The number of carbonyl (C=O) groups is 2. The molecule has 3 N–H and O–H groups in total. The van der Waals surface area contributed by atoms with Crippen molar-refractivity contribution in [1.29, 1.82) is 0 Å². The van der Waals surface area contributed by atoms with Crippen molar-refractivity contribution in [2.75, 3.05) is 11.9 Å². The van der Waals surface area contributed by atoms with E-state index < -0.39 is 0 Å². The summed E-state index contributed by atoms with van der Waals surface area (Å²) in [5.74, 6) is -0.503. The average Bonchev–Trinajstić information content (AvgIpc) is 2.56. The third-order valence-corrected chi connectivity index (χ3v) is 4.67. The molecule has 0 radical (unpaired) electrons. The quantitative estimate of drug-likeness (QED) is 0.450. The maximum atomic E-state index is 12.3. The molecule has 1 aromatic rings. The number of piperidine rings is 1. The Bertz CT molecular complexity index is 670. The van der Waals surface area contributed by atoms with Gasteiger partial charge in [0.25, 0.3) is 5.91 Å². The van der Waals surface area contributed by atoms with E-state index in [4.69, 9.17) is 22.2 Å². The fraction of sp³-hybridized carbons (Fsp3) is 0.500. The summed E-state index contributed by atoms with van der Waals surface area (Å²) >= 11 is 5.98. The minimum atomic E-state index is -0.368. The van der Waals surface area contributed by atoms with Gasteiger partial charge >= 0.3 is 0 Å². The van der Waals surface area contributed by atoms with Crippen LogP contribution in [0.15, 0.2) is 29.4 Å². The average molecular weight is 381 g/mol. The lowest BCUT2D eigenvalue weighted by atomic mass is 9.97. The SMILES string of the molecule is CC1CCCC(C)N1C(=O)CON=C(N)CC(=O)Nc1ccccc1Cl. The fourth-order valence-electron chi connectivity index (χ4n) is 3.11. The van der Waals surface area contributed by atoms with E-state index in [1.807, 2.05) is 18.7 Å². The number of nitrogens with two attached hydrogens (primary N) is 1. The monoisotopic (exact) mass is 380 g/mol. The topological polar surface area (TPSA) is 97.0 Å². The zero-order valence-electron chi connectivity index (χ0n) is 15.1. The molecule has 1 aliphatic rings. The third-order valence-electron chi connectivity index (χ3n) is 4.34. The van der Waals surface area contributed by atoms with Crippen LogP contribution in [-0.4, -0.2) is 41.2 Å². The first-order valence-electron chi connectivity index (χ1n) is 8.68. The smallest absolute Gasteiger partial charge is 0.263 e. The summed E-state index contributed by atoms with van der Waals surface area (Å²) in [6, 6.07) is 7.27. The van der Waals surface area contributed by atoms with Crippen molar-refractivity contribution in [2.24, 2.45) is 10.9 Å². The van der Waals surface area contributed by atoms with Crippen LogP contribution in [-0.2, 0) is 14.4 Å². The van der Waals surface area contributed by atoms with E-state index in [1.165, 1.54) is 0 Å². The molecular weight excluding hydrogens is 356 g/mol. The predicted molar refractivity (Wildman–Crippen MR) is 102 cm³/mol. The molecule has 1 fully saturated rings. The molecule has 0 aliphatic carbocycles. The highest BCUT2D eigenvalue weighted by Crippen LogP contribution is 2.22. The van der Waals surface area contributed by atoms with Crippen molar-refractivity contribution in [1.82, 2.24) is 4.90 Å². The highest BCUT2D eigenvalue weighted by Gasteiger charge is 2.29. The standard InChI is InChI=1S/C18H25ClN4O3/c1-12-6-5-7-13(2)23(12)18(25)11-26-22-16(20)10-17(24)21-15-9-4-3-8-14(15)19/h3-4,8-9,12-13H,5-7,10-11H2,1-2H3,(H2,20,22)(H,21,24). The molecule has 142 valence electrons. The summed E-state index contributed by atoms with van der Waals surface area (Å²) in [6.45, 7) is 3.87. The van der Waals surface area contributed by atoms with E-state index in [1.54, 1.807) is 24.3 Å². The summed E-state index contributed by atoms with van der Waals surface area (Å²) in [7, 11) is 0. The van der Waals surface area contributed by atoms with E-state index in [9.17, 15) is 9.59 Å². The second kappa shape index (κ2) is 9.43. The van der Waals surface area contributed by atoms with Gasteiger partial charge in [-0.05, 0) is 45.2 Å². The van der Waals surface area contributed by atoms with Crippen LogP contribution in [0.1, 0.15) is 39.5 Å². The van der Waals surface area contributed by atoms with Gasteiger partial charge in [-0.3, -0.25) is 9.59 Å². The molecule has 1 aromatic carbocycles. The molecule has 0 spiro atoms. The highest BCUT2D eigenvalue weighted by molar-refractivity contribution is 6.33. The molecule has 2 rings (SSSR count). The number of amidine groups is 1. The molecule has 1 aliphatic heterocycles. The third kappa shape index (κ3) is 5.62. The van der Waals surface area contributed by atoms with Crippen molar-refractivity contribution in [3.05, 3.63) is 29.3 Å². The Morgan fingerprint density at radius 2 is 1.96 bits per heavy atom. The maximum Gasteiger partial charge on any atom is 0.263 e. The van der Waals surface area contributed by atoms with E-state index in [0.29, 0.717) is 10.7 Å². The van der Waals surface area contributed by atoms with Crippen molar-refractivity contribution in [2.45, 2.75) is 51.6 Å². The minimum absolute atomic E-state index is 0.0119. The summed E-state index contributed by atoms with van der Waals surface area (Å²) in [6.07, 6.45) is 2.95. The Labute approximate surface area is 158 Å². The lowest BCUT2D eigenvalue weighted by Gasteiger charge is -2.38. The van der Waals surface area contributed by atoms with Gasteiger partial charge in [-0.15, -0.1) is 0 Å². The zero-order chi connectivity index (χ0) is 19.1. The molecule has 1 heterocycles. The number of nitrogens with one attached hydrogen (secondary N) is 1. The molecule has 2 unspecified atom stereocenters. The Morgan fingerprint density at radius 1 is 1.31 bits per heavy atom. The maximum absolute atomic E-state index is 12.3. The van der Waals surface area contributed by atoms with Gasteiger partial charge in [0, 0.05) is 12.1 Å². The van der Waals surface area contributed by atoms with Crippen molar-refractivity contribution < 1.29 is 14.4 Å². The molecule has 0 saturated carbocycles. The van der Waals surface area contributed by atoms with Gasteiger partial charge in [-0.1, -0.05) is 28.9 Å². The van der Waals surface area contributed by atoms with E-state index in [0.717, 1.165) is 19.3 Å². The largest absolute Gasteiger partial charge is 0.384 e. The van der Waals surface area contributed by atoms with Crippen LogP contribution in [0.2, 0.25) is 5.02 Å². The van der Waals surface area contributed by atoms with Gasteiger partial charge in [0.2, 0.25) is 5.91 Å². The number of oxime groups is 1. The Hall–Kier alpha value is -2.28. The number of carbonyl (C=O) groups excluding carboxylic acids is 2. The normalized spacial score (nSPS) is 20.6. The molecule has 0 aromatic heterocycles. The second-order valence-electron chi connectivity index (χ2n) is 6.49. The summed E-state index contributed by atoms with van der Waals surface area (Å²) in [5, 5.41) is 6.74. The molecule has 26 heavy (non-hydrogen) atoms. The number of likely N-dealkylation sites (tertiary alicyclic amines) is 1. The molecule has 7 nitrogen and oxygen atoms in total. The fourth-order valence-corrected chi connectivity index (χ4v) is 3.29. The van der Waals surface area contributed by atoms with Crippen molar-refractivity contribution in [3.8, 4) is 0 Å². The van der Waals surface area contributed by atoms with Gasteiger partial charge in [-0.25, -0.2) is 0 Å². The number of nitrogens with zero attached hydrogens (tertiary/aromatic N) is 2. The number of anilines is 1. The summed E-state index contributed by atoms with van der Waals surface area (Å²) < 4.78 is 0. The van der Waals surface area contributed by atoms with Gasteiger partial charge in [-0.2, -0.15) is 0 Å². The molecule has 1 saturated heterocycles. The van der Waals surface area contributed by atoms with Gasteiger partial charge in [0.15, 0.2) is 6.61 Å². The van der Waals surface area contributed by atoms with Crippen LogP contribution in [0.3, 0.4) is 0 Å². The van der Waals surface area contributed by atoms with Gasteiger partial charge in [0.1, 0.15) is 5.84 Å². The van der Waals surface area contributed by atoms with Crippen LogP contribution in [0.25, 0.3) is 0 Å². The predicted octanol–water partition coefficient (Wildman–Crippen LogP) is 2.75. The first-order valence-corrected chi connectivity index (χ1v) is 9.06. The van der Waals surface area contributed by atoms with Crippen LogP contribution in [0.5, 0.6) is 0 Å². The second-order valence-corrected chi connectivity index (χ2v) is 6.90. The number of para-hydroxylation sites is 1. The molecule has 8 heteroatoms. The van der Waals surface area contributed by atoms with Crippen molar-refractivity contribution >= 4 is 34.9 Å². The number of benzene rings is 1. The van der Waals surface area contributed by atoms with Gasteiger partial charge in [0.05, 0.1) is 17.1 Å². The molecule has 2 amide bonds. The Balaban J connectivity index is 1.79. The lowest BCUT2D eigenvalue weighted by molar-refractivity contribution is -0.142. The molecule has 2 atom stereocenters. The summed E-state index contributed by atoms with van der Waals surface area (Å²) in [5.41, 5.74) is 6.19. The Kier molecular flexibility index (Phi) is 7.26. The zero-order valence-corrected chi connectivity index (χ0v) is 15.8. The van der Waals surface area contributed by atoms with Crippen molar-refractivity contribution in [3.63, 3.8) is 0 Å². The highest BCUT2D eigenvalue weighted by atomic mass is 35.5. The Morgan fingerprint density at radius 3 is 2.62 bits per heavy atom. The first-order chi connectivity index (χ1) is 12.4. The van der Waals surface area contributed by atoms with E-state index in [-0.39, 0.29) is 42.8 Å². The number of hydrogen-bond donors (Lipinski definition) is 2. The van der Waals surface area contributed by atoms with Crippen LogP contribution < -0.4 is 11.1 Å². The first kappa shape index (κ1) is 20.0.